The van der Waals surface area contributed by atoms with E-state index in [0.717, 1.165) is 12.1 Å². The van der Waals surface area contributed by atoms with E-state index in [0.29, 0.717) is 5.84 Å². The SMILES string of the molecule is Cc1ccc(C2CC(N)=NN2c2ccccc2)cc1. The molecule has 0 amide bonds. The normalized spacial score (nSPS) is 18.5. The third-order valence-electron chi connectivity index (χ3n) is 3.42. The fraction of sp³-hybridized carbons (Fsp3) is 0.188. The first-order valence-electron chi connectivity index (χ1n) is 6.48. The Labute approximate surface area is 113 Å². The Kier molecular flexibility index (Phi) is 2.95. The number of para-hydroxylation sites is 1. The molecule has 1 atom stereocenters. The van der Waals surface area contributed by atoms with Crippen molar-refractivity contribution >= 4 is 11.5 Å². The lowest BCUT2D eigenvalue weighted by molar-refractivity contribution is 0.708. The molecule has 0 saturated heterocycles. The quantitative estimate of drug-likeness (QED) is 0.890. The van der Waals surface area contributed by atoms with Crippen LogP contribution in [0.25, 0.3) is 0 Å². The summed E-state index contributed by atoms with van der Waals surface area (Å²) in [5, 5.41) is 6.48. The first-order chi connectivity index (χ1) is 9.24. The molecule has 0 bridgehead atoms. The fourth-order valence-electron chi connectivity index (χ4n) is 2.40. The molecule has 0 aromatic heterocycles. The van der Waals surface area contributed by atoms with Crippen LogP contribution in [0.1, 0.15) is 23.6 Å². The zero-order chi connectivity index (χ0) is 13.2. The number of anilines is 1. The number of nitrogens with two attached hydrogens (primary N) is 1. The van der Waals surface area contributed by atoms with E-state index in [9.17, 15) is 0 Å². The summed E-state index contributed by atoms with van der Waals surface area (Å²) in [5.74, 6) is 0.689. The summed E-state index contributed by atoms with van der Waals surface area (Å²) < 4.78 is 0. The maximum Gasteiger partial charge on any atom is 0.122 e. The van der Waals surface area contributed by atoms with Crippen LogP contribution in [0.3, 0.4) is 0 Å². The fourth-order valence-corrected chi connectivity index (χ4v) is 2.40. The molecule has 2 N–H and O–H groups in total. The Hall–Kier alpha value is -2.29. The topological polar surface area (TPSA) is 41.6 Å². The summed E-state index contributed by atoms with van der Waals surface area (Å²) in [7, 11) is 0. The highest BCUT2D eigenvalue weighted by Gasteiger charge is 2.27. The van der Waals surface area contributed by atoms with E-state index in [1.165, 1.54) is 11.1 Å². The van der Waals surface area contributed by atoms with Gasteiger partial charge in [0, 0.05) is 6.42 Å². The molecule has 1 unspecified atom stereocenters. The molecule has 0 radical (unpaired) electrons. The van der Waals surface area contributed by atoms with Gasteiger partial charge >= 0.3 is 0 Å². The minimum absolute atomic E-state index is 0.197. The molecular weight excluding hydrogens is 234 g/mol. The third kappa shape index (κ3) is 2.32. The molecule has 1 aliphatic rings. The van der Waals surface area contributed by atoms with Crippen LogP contribution >= 0.6 is 0 Å². The van der Waals surface area contributed by atoms with Crippen molar-refractivity contribution in [3.05, 3.63) is 65.7 Å². The van der Waals surface area contributed by atoms with Crippen molar-refractivity contribution < 1.29 is 0 Å². The smallest absolute Gasteiger partial charge is 0.122 e. The van der Waals surface area contributed by atoms with Gasteiger partial charge in [0.15, 0.2) is 0 Å². The van der Waals surface area contributed by atoms with E-state index in [1.54, 1.807) is 0 Å². The number of aryl methyl sites for hydroxylation is 1. The molecular formula is C16H17N3. The predicted molar refractivity (Wildman–Crippen MR) is 79.1 cm³/mol. The molecule has 3 nitrogen and oxygen atoms in total. The van der Waals surface area contributed by atoms with E-state index < -0.39 is 0 Å². The summed E-state index contributed by atoms with van der Waals surface area (Å²) in [4.78, 5) is 0. The maximum atomic E-state index is 5.93. The zero-order valence-corrected chi connectivity index (χ0v) is 11.0. The molecule has 1 aliphatic heterocycles. The average Bonchev–Trinajstić information content (AvgIpc) is 2.83. The minimum Gasteiger partial charge on any atom is -0.386 e. The summed E-state index contributed by atoms with van der Waals surface area (Å²) >= 11 is 0. The number of nitrogens with zero attached hydrogens (tertiary/aromatic N) is 2. The van der Waals surface area contributed by atoms with Crippen LogP contribution in [0.4, 0.5) is 5.69 Å². The maximum absolute atomic E-state index is 5.93. The lowest BCUT2D eigenvalue weighted by atomic mass is 10.0. The molecule has 3 heteroatoms. The summed E-state index contributed by atoms with van der Waals surface area (Å²) in [6, 6.07) is 18.9. The first-order valence-corrected chi connectivity index (χ1v) is 6.48. The van der Waals surface area contributed by atoms with E-state index in [-0.39, 0.29) is 6.04 Å². The van der Waals surface area contributed by atoms with Gasteiger partial charge in [-0.25, -0.2) is 0 Å². The second kappa shape index (κ2) is 4.76. The Balaban J connectivity index is 1.95. The number of hydrogen-bond acceptors (Lipinski definition) is 3. The average molecular weight is 251 g/mol. The predicted octanol–water partition coefficient (Wildman–Crippen LogP) is 3.22. The van der Waals surface area contributed by atoms with Gasteiger partial charge in [-0.3, -0.25) is 5.01 Å². The molecule has 2 aromatic rings. The van der Waals surface area contributed by atoms with Gasteiger partial charge in [0.1, 0.15) is 5.84 Å². The molecule has 0 spiro atoms. The standard InChI is InChI=1S/C16H17N3/c1-12-7-9-13(10-8-12)15-11-16(17)18-19(15)14-5-3-2-4-6-14/h2-10,15H,11H2,1H3,(H2,17,18). The summed E-state index contributed by atoms with van der Waals surface area (Å²) in [6.45, 7) is 2.10. The largest absolute Gasteiger partial charge is 0.386 e. The molecule has 0 saturated carbocycles. The molecule has 0 aliphatic carbocycles. The molecule has 19 heavy (non-hydrogen) atoms. The number of rotatable bonds is 2. The first kappa shape index (κ1) is 11.8. The van der Waals surface area contributed by atoms with Crippen LogP contribution in [0.2, 0.25) is 0 Å². The van der Waals surface area contributed by atoms with Crippen LogP contribution in [0.15, 0.2) is 59.7 Å². The van der Waals surface area contributed by atoms with E-state index in [1.807, 2.05) is 23.2 Å². The zero-order valence-electron chi connectivity index (χ0n) is 11.0. The highest BCUT2D eigenvalue weighted by molar-refractivity contribution is 5.85. The Morgan fingerprint density at radius 3 is 2.42 bits per heavy atom. The summed E-state index contributed by atoms with van der Waals surface area (Å²) in [6.07, 6.45) is 0.776. The number of benzene rings is 2. The van der Waals surface area contributed by atoms with Crippen LogP contribution in [-0.4, -0.2) is 5.84 Å². The Bertz CT molecular complexity index is 587. The number of hydrogen-bond donors (Lipinski definition) is 1. The van der Waals surface area contributed by atoms with Crippen molar-refractivity contribution in [1.29, 1.82) is 0 Å². The van der Waals surface area contributed by atoms with Crippen LogP contribution in [-0.2, 0) is 0 Å². The van der Waals surface area contributed by atoms with Crippen LogP contribution in [0.5, 0.6) is 0 Å². The number of amidine groups is 1. The highest BCUT2D eigenvalue weighted by atomic mass is 15.5. The van der Waals surface area contributed by atoms with E-state index in [2.05, 4.69) is 48.4 Å². The van der Waals surface area contributed by atoms with Gasteiger partial charge in [0.05, 0.1) is 11.7 Å². The molecule has 96 valence electrons. The lowest BCUT2D eigenvalue weighted by Gasteiger charge is -2.23. The van der Waals surface area contributed by atoms with Gasteiger partial charge in [0.25, 0.3) is 0 Å². The minimum atomic E-state index is 0.197. The highest BCUT2D eigenvalue weighted by Crippen LogP contribution is 2.34. The third-order valence-corrected chi connectivity index (χ3v) is 3.42. The van der Waals surface area contributed by atoms with Gasteiger partial charge in [0.2, 0.25) is 0 Å². The van der Waals surface area contributed by atoms with Crippen LogP contribution < -0.4 is 10.7 Å². The summed E-state index contributed by atoms with van der Waals surface area (Å²) in [5.41, 5.74) is 9.52. The van der Waals surface area contributed by atoms with Crippen molar-refractivity contribution in [1.82, 2.24) is 0 Å². The molecule has 1 heterocycles. The van der Waals surface area contributed by atoms with Gasteiger partial charge in [-0.1, -0.05) is 48.0 Å². The number of hydrazone groups is 1. The van der Waals surface area contributed by atoms with Gasteiger partial charge in [-0.15, -0.1) is 0 Å². The van der Waals surface area contributed by atoms with Gasteiger partial charge in [-0.05, 0) is 24.6 Å². The Morgan fingerprint density at radius 1 is 1.05 bits per heavy atom. The Morgan fingerprint density at radius 2 is 1.74 bits per heavy atom. The van der Waals surface area contributed by atoms with E-state index >= 15 is 0 Å². The van der Waals surface area contributed by atoms with Crippen molar-refractivity contribution in [3.63, 3.8) is 0 Å². The molecule has 2 aromatic carbocycles. The molecule has 0 fully saturated rings. The second-order valence-electron chi connectivity index (χ2n) is 4.90. The van der Waals surface area contributed by atoms with Gasteiger partial charge < -0.3 is 5.73 Å². The monoisotopic (exact) mass is 251 g/mol. The van der Waals surface area contributed by atoms with Crippen LogP contribution in [0, 0.1) is 6.92 Å². The van der Waals surface area contributed by atoms with Crippen molar-refractivity contribution in [2.24, 2.45) is 10.8 Å². The second-order valence-corrected chi connectivity index (χ2v) is 4.90. The van der Waals surface area contributed by atoms with Gasteiger partial charge in [-0.2, -0.15) is 5.10 Å². The lowest BCUT2D eigenvalue weighted by Crippen LogP contribution is -2.18. The molecule has 3 rings (SSSR count). The van der Waals surface area contributed by atoms with Crippen molar-refractivity contribution in [2.75, 3.05) is 5.01 Å². The van der Waals surface area contributed by atoms with E-state index in [4.69, 9.17) is 5.73 Å². The van der Waals surface area contributed by atoms with Crippen molar-refractivity contribution in [3.8, 4) is 0 Å². The van der Waals surface area contributed by atoms with Crippen molar-refractivity contribution in [2.45, 2.75) is 19.4 Å².